The van der Waals surface area contributed by atoms with Gasteiger partial charge in [-0.2, -0.15) is 18.4 Å². The fourth-order valence-corrected chi connectivity index (χ4v) is 1.39. The van der Waals surface area contributed by atoms with Crippen LogP contribution < -0.4 is 0 Å². The molecule has 0 saturated heterocycles. The number of alkyl halides is 3. The third kappa shape index (κ3) is 2.71. The molecule has 0 aromatic heterocycles. The number of aromatic hydroxyl groups is 1. The predicted octanol–water partition coefficient (Wildman–Crippen LogP) is 2.46. The number of nitriles is 1. The van der Waals surface area contributed by atoms with E-state index in [1.54, 1.807) is 0 Å². The molecule has 1 N–H and O–H groups in total. The van der Waals surface area contributed by atoms with Crippen molar-refractivity contribution in [3.05, 3.63) is 28.8 Å². The van der Waals surface area contributed by atoms with E-state index >= 15 is 0 Å². The van der Waals surface area contributed by atoms with Gasteiger partial charge < -0.3 is 9.84 Å². The molecule has 0 atom stereocenters. The summed E-state index contributed by atoms with van der Waals surface area (Å²) in [5.74, 6) is -1.85. The van der Waals surface area contributed by atoms with Gasteiger partial charge in [-0.05, 0) is 19.1 Å². The lowest BCUT2D eigenvalue weighted by molar-refractivity contribution is -0.138. The smallest absolute Gasteiger partial charge is 0.418 e. The first-order valence-electron chi connectivity index (χ1n) is 4.82. The van der Waals surface area contributed by atoms with Crippen LogP contribution in [0.3, 0.4) is 0 Å². The molecule has 0 amide bonds. The summed E-state index contributed by atoms with van der Waals surface area (Å²) in [5, 5.41) is 17.8. The lowest BCUT2D eigenvalue weighted by atomic mass is 10.0. The van der Waals surface area contributed by atoms with Gasteiger partial charge in [0, 0.05) is 0 Å². The van der Waals surface area contributed by atoms with E-state index in [4.69, 9.17) is 5.26 Å². The number of hydrogen-bond acceptors (Lipinski definition) is 4. The molecule has 7 heteroatoms. The van der Waals surface area contributed by atoms with Gasteiger partial charge in [0.2, 0.25) is 0 Å². The van der Waals surface area contributed by atoms with Crippen molar-refractivity contribution < 1.29 is 27.8 Å². The van der Waals surface area contributed by atoms with Gasteiger partial charge in [-0.1, -0.05) is 0 Å². The van der Waals surface area contributed by atoms with Gasteiger partial charge in [-0.15, -0.1) is 0 Å². The maximum atomic E-state index is 12.8. The Hall–Kier alpha value is -2.23. The molecule has 1 aromatic rings. The second kappa shape index (κ2) is 4.96. The van der Waals surface area contributed by atoms with Gasteiger partial charge in [-0.3, -0.25) is 0 Å². The largest absolute Gasteiger partial charge is 0.508 e. The van der Waals surface area contributed by atoms with E-state index in [1.807, 2.05) is 0 Å². The highest BCUT2D eigenvalue weighted by atomic mass is 19.4. The van der Waals surface area contributed by atoms with Gasteiger partial charge in [0.1, 0.15) is 5.75 Å². The van der Waals surface area contributed by atoms with Crippen LogP contribution in [0.15, 0.2) is 12.1 Å². The van der Waals surface area contributed by atoms with E-state index in [9.17, 15) is 23.1 Å². The van der Waals surface area contributed by atoms with Crippen LogP contribution in [-0.4, -0.2) is 17.7 Å². The van der Waals surface area contributed by atoms with Crippen LogP contribution in [0.25, 0.3) is 0 Å². The molecule has 0 radical (unpaired) electrons. The van der Waals surface area contributed by atoms with E-state index in [-0.39, 0.29) is 6.61 Å². The van der Waals surface area contributed by atoms with E-state index < -0.39 is 34.6 Å². The first kappa shape index (κ1) is 13.8. The maximum Gasteiger partial charge on any atom is 0.418 e. The molecule has 0 unspecified atom stereocenters. The molecule has 0 saturated carbocycles. The molecule has 18 heavy (non-hydrogen) atoms. The zero-order valence-corrected chi connectivity index (χ0v) is 9.21. The predicted molar refractivity (Wildman–Crippen MR) is 53.8 cm³/mol. The van der Waals surface area contributed by atoms with E-state index in [0.717, 1.165) is 0 Å². The van der Waals surface area contributed by atoms with Crippen molar-refractivity contribution in [1.82, 2.24) is 0 Å². The van der Waals surface area contributed by atoms with Crippen molar-refractivity contribution in [2.45, 2.75) is 13.1 Å². The number of phenols is 1. The number of halogens is 3. The highest BCUT2D eigenvalue weighted by Crippen LogP contribution is 2.36. The number of nitrogens with zero attached hydrogens (tertiary/aromatic N) is 1. The van der Waals surface area contributed by atoms with Crippen LogP contribution in [0.4, 0.5) is 13.2 Å². The van der Waals surface area contributed by atoms with E-state index in [2.05, 4.69) is 4.74 Å². The zero-order chi connectivity index (χ0) is 13.9. The summed E-state index contributed by atoms with van der Waals surface area (Å²) in [7, 11) is 0. The zero-order valence-electron chi connectivity index (χ0n) is 9.21. The quantitative estimate of drug-likeness (QED) is 0.828. The van der Waals surface area contributed by atoms with Gasteiger partial charge >= 0.3 is 12.1 Å². The minimum Gasteiger partial charge on any atom is -0.508 e. The molecule has 0 aliphatic carbocycles. The maximum absolute atomic E-state index is 12.8. The molecule has 0 heterocycles. The Balaban J connectivity index is 3.54. The molecule has 0 aliphatic rings. The third-order valence-electron chi connectivity index (χ3n) is 2.02. The molecule has 96 valence electrons. The highest BCUT2D eigenvalue weighted by molar-refractivity contribution is 5.92. The first-order valence-corrected chi connectivity index (χ1v) is 4.82. The van der Waals surface area contributed by atoms with E-state index in [1.165, 1.54) is 13.0 Å². The normalized spacial score (nSPS) is 10.8. The Morgan fingerprint density at radius 3 is 2.56 bits per heavy atom. The van der Waals surface area contributed by atoms with Crippen molar-refractivity contribution in [2.75, 3.05) is 6.61 Å². The number of hydrogen-bond donors (Lipinski definition) is 1. The number of phenolic OH excluding ortho intramolecular Hbond substituents is 1. The van der Waals surface area contributed by atoms with Crippen molar-refractivity contribution in [2.24, 2.45) is 0 Å². The average molecular weight is 259 g/mol. The average Bonchev–Trinajstić information content (AvgIpc) is 2.26. The van der Waals surface area contributed by atoms with Crippen LogP contribution >= 0.6 is 0 Å². The molecule has 0 fully saturated rings. The second-order valence-electron chi connectivity index (χ2n) is 3.25. The topological polar surface area (TPSA) is 70.3 Å². The number of esters is 1. The number of ether oxygens (including phenoxy) is 1. The Bertz CT molecular complexity index is 517. The number of rotatable bonds is 2. The molecule has 0 bridgehead atoms. The summed E-state index contributed by atoms with van der Waals surface area (Å²) in [6.45, 7) is 1.31. The highest BCUT2D eigenvalue weighted by Gasteiger charge is 2.39. The fraction of sp³-hybridized carbons (Fsp3) is 0.273. The summed E-state index contributed by atoms with van der Waals surface area (Å²) >= 11 is 0. The second-order valence-corrected chi connectivity index (χ2v) is 3.25. The van der Waals surface area contributed by atoms with Crippen LogP contribution in [0.2, 0.25) is 0 Å². The molecular formula is C11H8F3NO3. The van der Waals surface area contributed by atoms with Gasteiger partial charge in [-0.25, -0.2) is 4.79 Å². The summed E-state index contributed by atoms with van der Waals surface area (Å²) in [6, 6.07) is 2.56. The summed E-state index contributed by atoms with van der Waals surface area (Å²) in [4.78, 5) is 11.4. The van der Waals surface area contributed by atoms with Crippen LogP contribution in [0.1, 0.15) is 28.4 Å². The molecule has 4 nitrogen and oxygen atoms in total. The standard InChI is InChI=1S/C11H8F3NO3/c1-2-18-10(17)8-4-7(16)3-6(5-15)9(8)11(12,13)14/h3-4,16H,2H2,1H3. The van der Waals surface area contributed by atoms with Crippen LogP contribution in [0, 0.1) is 11.3 Å². The molecule has 0 aliphatic heterocycles. The lowest BCUT2D eigenvalue weighted by Crippen LogP contribution is -2.17. The monoisotopic (exact) mass is 259 g/mol. The molecular weight excluding hydrogens is 251 g/mol. The number of carbonyl (C=O) groups excluding carboxylic acids is 1. The number of carbonyl (C=O) groups is 1. The Kier molecular flexibility index (Phi) is 3.81. The van der Waals surface area contributed by atoms with Crippen LogP contribution in [-0.2, 0) is 10.9 Å². The van der Waals surface area contributed by atoms with Crippen molar-refractivity contribution in [1.29, 1.82) is 5.26 Å². The molecule has 0 spiro atoms. The van der Waals surface area contributed by atoms with E-state index in [0.29, 0.717) is 12.1 Å². The van der Waals surface area contributed by atoms with Gasteiger partial charge in [0.25, 0.3) is 0 Å². The molecule has 1 aromatic carbocycles. The Morgan fingerprint density at radius 2 is 2.11 bits per heavy atom. The minimum absolute atomic E-state index is 0.117. The Morgan fingerprint density at radius 1 is 1.50 bits per heavy atom. The summed E-state index contributed by atoms with van der Waals surface area (Å²) in [5.41, 5.74) is -3.10. The van der Waals surface area contributed by atoms with Gasteiger partial charge in [0.15, 0.2) is 0 Å². The summed E-state index contributed by atoms with van der Waals surface area (Å²) < 4.78 is 42.8. The van der Waals surface area contributed by atoms with Crippen molar-refractivity contribution in [3.63, 3.8) is 0 Å². The molecule has 1 rings (SSSR count). The third-order valence-corrected chi connectivity index (χ3v) is 2.02. The van der Waals surface area contributed by atoms with Gasteiger partial charge in [0.05, 0.1) is 29.4 Å². The minimum atomic E-state index is -4.89. The number of benzene rings is 1. The van der Waals surface area contributed by atoms with Crippen molar-refractivity contribution in [3.8, 4) is 11.8 Å². The SMILES string of the molecule is CCOC(=O)c1cc(O)cc(C#N)c1C(F)(F)F. The van der Waals surface area contributed by atoms with Crippen molar-refractivity contribution >= 4 is 5.97 Å². The lowest BCUT2D eigenvalue weighted by Gasteiger charge is -2.13. The van der Waals surface area contributed by atoms with Crippen LogP contribution in [0.5, 0.6) is 5.75 Å². The summed E-state index contributed by atoms with van der Waals surface area (Å²) in [6.07, 6.45) is -4.89. The fourth-order valence-electron chi connectivity index (χ4n) is 1.39. The Labute approximate surface area is 100 Å². The first-order chi connectivity index (χ1) is 8.31.